The van der Waals surface area contributed by atoms with E-state index in [1.165, 1.54) is 4.57 Å². The number of hydrogen-bond acceptors (Lipinski definition) is 4. The molecule has 35 heavy (non-hydrogen) atoms. The summed E-state index contributed by atoms with van der Waals surface area (Å²) in [6.45, 7) is 4.76. The molecule has 3 N–H and O–H groups in total. The number of amides is 1. The minimum absolute atomic E-state index is 0.0324. The number of carbonyl (C=O) groups excluding carboxylic acids is 1. The molecule has 0 spiro atoms. The van der Waals surface area contributed by atoms with E-state index >= 15 is 0 Å². The first-order chi connectivity index (χ1) is 16.6. The number of benzene rings is 1. The van der Waals surface area contributed by atoms with Crippen LogP contribution in [-0.4, -0.2) is 26.9 Å². The van der Waals surface area contributed by atoms with Crippen molar-refractivity contribution in [2.75, 3.05) is 17.2 Å². The van der Waals surface area contributed by atoms with Crippen LogP contribution in [0.5, 0.6) is 0 Å². The number of alkyl halides is 1. The molecule has 4 aliphatic rings. The number of nitrogen functional groups attached to an aromatic ring is 1. The molecule has 1 aromatic heterocycles. The third kappa shape index (κ3) is 4.44. The Bertz CT molecular complexity index is 1220. The quantitative estimate of drug-likeness (QED) is 0.560. The highest BCUT2D eigenvalue weighted by Gasteiger charge is 2.61. The first-order valence-electron chi connectivity index (χ1n) is 12.8. The molecule has 1 amide bonds. The van der Waals surface area contributed by atoms with Gasteiger partial charge in [0, 0.05) is 11.4 Å². The summed E-state index contributed by atoms with van der Waals surface area (Å²) in [6, 6.07) is 9.46. The van der Waals surface area contributed by atoms with Crippen molar-refractivity contribution in [2.45, 2.75) is 70.2 Å². The van der Waals surface area contributed by atoms with Crippen molar-refractivity contribution in [3.63, 3.8) is 0 Å². The summed E-state index contributed by atoms with van der Waals surface area (Å²) in [4.78, 5) is 44.0. The van der Waals surface area contributed by atoms with E-state index in [2.05, 4.69) is 18.8 Å². The zero-order chi connectivity index (χ0) is 25.0. The fourth-order valence-corrected chi connectivity index (χ4v) is 7.84. The van der Waals surface area contributed by atoms with Gasteiger partial charge < -0.3 is 10.6 Å². The molecule has 188 valence electrons. The number of H-pyrrole nitrogens is 1. The molecule has 6 rings (SSSR count). The van der Waals surface area contributed by atoms with E-state index in [0.717, 1.165) is 44.1 Å². The number of rotatable bonds is 7. The van der Waals surface area contributed by atoms with Crippen molar-refractivity contribution in [1.82, 2.24) is 9.55 Å². The monoisotopic (exact) mass is 498 g/mol. The molecule has 0 saturated heterocycles. The van der Waals surface area contributed by atoms with Crippen LogP contribution in [0.1, 0.15) is 64.4 Å². The second-order valence-corrected chi connectivity index (χ2v) is 12.4. The van der Waals surface area contributed by atoms with Gasteiger partial charge in [0.25, 0.3) is 5.56 Å². The third-order valence-corrected chi connectivity index (χ3v) is 8.73. The smallest absolute Gasteiger partial charge is 0.330 e. The number of halogens is 1. The summed E-state index contributed by atoms with van der Waals surface area (Å²) >= 11 is 7.03. The molecule has 2 aromatic rings. The van der Waals surface area contributed by atoms with E-state index < -0.39 is 16.7 Å². The lowest BCUT2D eigenvalue weighted by atomic mass is 9.49. The number of hydrogen-bond donors (Lipinski definition) is 2. The maximum Gasteiger partial charge on any atom is 0.330 e. The van der Waals surface area contributed by atoms with Gasteiger partial charge >= 0.3 is 5.69 Å². The van der Waals surface area contributed by atoms with Gasteiger partial charge in [0.1, 0.15) is 5.82 Å². The predicted molar refractivity (Wildman–Crippen MR) is 139 cm³/mol. The average molecular weight is 499 g/mol. The lowest BCUT2D eigenvalue weighted by Crippen LogP contribution is -2.60. The summed E-state index contributed by atoms with van der Waals surface area (Å²) in [5, 5.41) is 0. The molecular weight excluding hydrogens is 464 g/mol. The Kier molecular flexibility index (Phi) is 6.10. The van der Waals surface area contributed by atoms with Crippen molar-refractivity contribution >= 4 is 29.0 Å². The number of nitrogens with zero attached hydrogens (tertiary/aromatic N) is 2. The highest BCUT2D eigenvalue weighted by atomic mass is 35.5. The van der Waals surface area contributed by atoms with Crippen molar-refractivity contribution in [3.05, 3.63) is 56.7 Å². The van der Waals surface area contributed by atoms with Gasteiger partial charge in [0.05, 0.1) is 12.0 Å². The molecule has 4 bridgehead atoms. The van der Waals surface area contributed by atoms with Crippen LogP contribution < -0.4 is 21.9 Å². The Morgan fingerprint density at radius 2 is 1.83 bits per heavy atom. The fourth-order valence-electron chi connectivity index (χ4n) is 7.15. The first kappa shape index (κ1) is 24.2. The van der Waals surface area contributed by atoms with Crippen LogP contribution in [0.2, 0.25) is 0 Å². The predicted octanol–water partition coefficient (Wildman–Crippen LogP) is 4.12. The number of anilines is 2. The fraction of sp³-hybridized carbons (Fsp3) is 0.593. The number of aromatic nitrogens is 2. The normalized spacial score (nSPS) is 29.0. The molecule has 4 fully saturated rings. The highest BCUT2D eigenvalue weighted by Crippen LogP contribution is 2.64. The summed E-state index contributed by atoms with van der Waals surface area (Å²) < 4.78 is 1.35. The molecule has 1 aromatic carbocycles. The molecule has 4 atom stereocenters. The molecule has 7 nitrogen and oxygen atoms in total. The van der Waals surface area contributed by atoms with Crippen LogP contribution in [-0.2, 0) is 11.3 Å². The summed E-state index contributed by atoms with van der Waals surface area (Å²) in [7, 11) is 0. The van der Waals surface area contributed by atoms with Crippen LogP contribution >= 0.6 is 11.6 Å². The summed E-state index contributed by atoms with van der Waals surface area (Å²) in [6.07, 6.45) is 6.07. The summed E-state index contributed by atoms with van der Waals surface area (Å²) in [5.41, 5.74) is 5.73. The minimum atomic E-state index is -0.612. The average Bonchev–Trinajstić information content (AvgIpc) is 2.77. The van der Waals surface area contributed by atoms with Crippen molar-refractivity contribution < 1.29 is 4.79 Å². The molecular formula is C27H35ClN4O3. The Balaban J connectivity index is 1.57. The Labute approximate surface area is 210 Å². The molecule has 2 unspecified atom stereocenters. The molecule has 1 heterocycles. The van der Waals surface area contributed by atoms with Gasteiger partial charge in [-0.2, -0.15) is 0 Å². The van der Waals surface area contributed by atoms with E-state index in [4.69, 9.17) is 17.3 Å². The van der Waals surface area contributed by atoms with E-state index in [1.54, 1.807) is 4.90 Å². The minimum Gasteiger partial charge on any atom is -0.383 e. The number of aromatic amines is 1. The zero-order valence-electron chi connectivity index (χ0n) is 20.6. The topological polar surface area (TPSA) is 101 Å². The van der Waals surface area contributed by atoms with Crippen LogP contribution in [0.15, 0.2) is 39.9 Å². The van der Waals surface area contributed by atoms with Crippen LogP contribution in [0.4, 0.5) is 11.5 Å². The molecule has 0 radical (unpaired) electrons. The van der Waals surface area contributed by atoms with Gasteiger partial charge in [-0.3, -0.25) is 19.1 Å². The van der Waals surface area contributed by atoms with E-state index in [-0.39, 0.29) is 28.8 Å². The maximum atomic E-state index is 14.4. The van der Waals surface area contributed by atoms with Gasteiger partial charge in [-0.25, -0.2) is 4.79 Å². The SMILES string of the molecule is CC(C)CCN(C(=O)C12C[C@@H]3C[C@@H](CC(Cl)(C3)C1)C2)c1c(N)n(Cc2ccccc2)c(=O)[nH]c1=O. The highest BCUT2D eigenvalue weighted by molar-refractivity contribution is 6.24. The lowest BCUT2D eigenvalue weighted by molar-refractivity contribution is -0.141. The van der Waals surface area contributed by atoms with Crippen molar-refractivity contribution in [2.24, 2.45) is 23.2 Å². The van der Waals surface area contributed by atoms with E-state index in [0.29, 0.717) is 30.7 Å². The molecule has 4 saturated carbocycles. The zero-order valence-corrected chi connectivity index (χ0v) is 21.3. The van der Waals surface area contributed by atoms with E-state index in [1.807, 2.05) is 30.3 Å². The van der Waals surface area contributed by atoms with Gasteiger partial charge in [0.2, 0.25) is 5.91 Å². The van der Waals surface area contributed by atoms with Gasteiger partial charge in [-0.15, -0.1) is 11.6 Å². The molecule has 4 aliphatic carbocycles. The second-order valence-electron chi connectivity index (χ2n) is 11.6. The van der Waals surface area contributed by atoms with Crippen LogP contribution in [0.25, 0.3) is 0 Å². The summed E-state index contributed by atoms with van der Waals surface area (Å²) in [5.74, 6) is 1.21. The standard InChI is InChI=1S/C27H35ClN4O3/c1-17(2)8-9-31(24(34)26-11-19-10-20(12-26)14-27(28,13-19)16-26)21-22(29)32(25(35)30-23(21)33)15-18-6-4-3-5-7-18/h3-7,17,19-20H,8-16,29H2,1-2H3,(H,30,33,35)/t19-,20+,26?,27?. The van der Waals surface area contributed by atoms with Gasteiger partial charge in [0.15, 0.2) is 5.69 Å². The third-order valence-electron chi connectivity index (χ3n) is 8.29. The first-order valence-corrected chi connectivity index (χ1v) is 13.1. The number of nitrogens with two attached hydrogens (primary N) is 1. The molecule has 0 aliphatic heterocycles. The Morgan fingerprint density at radius 3 is 2.43 bits per heavy atom. The second kappa shape index (κ2) is 8.84. The Morgan fingerprint density at radius 1 is 1.17 bits per heavy atom. The van der Waals surface area contributed by atoms with Crippen molar-refractivity contribution in [1.29, 1.82) is 0 Å². The lowest BCUT2D eigenvalue weighted by Gasteiger charge is -2.59. The number of nitrogens with one attached hydrogen (secondary N) is 1. The Hall–Kier alpha value is -2.54. The maximum absolute atomic E-state index is 14.4. The largest absolute Gasteiger partial charge is 0.383 e. The number of carbonyl (C=O) groups is 1. The van der Waals surface area contributed by atoms with Crippen molar-refractivity contribution in [3.8, 4) is 0 Å². The van der Waals surface area contributed by atoms with Crippen LogP contribution in [0.3, 0.4) is 0 Å². The molecule has 8 heteroatoms. The van der Waals surface area contributed by atoms with E-state index in [9.17, 15) is 14.4 Å². The van der Waals surface area contributed by atoms with Crippen LogP contribution in [0, 0.1) is 23.2 Å². The van der Waals surface area contributed by atoms with Gasteiger partial charge in [-0.1, -0.05) is 44.2 Å². The van der Waals surface area contributed by atoms with Gasteiger partial charge in [-0.05, 0) is 68.3 Å².